The van der Waals surface area contributed by atoms with Gasteiger partial charge in [0.05, 0.1) is 12.6 Å². The Bertz CT molecular complexity index is 1140. The van der Waals surface area contributed by atoms with Gasteiger partial charge in [0.2, 0.25) is 5.78 Å². The summed E-state index contributed by atoms with van der Waals surface area (Å²) in [4.78, 5) is 30.6. The van der Waals surface area contributed by atoms with Crippen LogP contribution in [0.25, 0.3) is 16.9 Å². The fraction of sp³-hybridized carbons (Fsp3) is 0.632. The van der Waals surface area contributed by atoms with E-state index in [4.69, 9.17) is 9.72 Å². The minimum atomic E-state index is -0.318. The van der Waals surface area contributed by atoms with Crippen LogP contribution < -0.4 is 11.2 Å². The summed E-state index contributed by atoms with van der Waals surface area (Å²) < 4.78 is 12.6. The number of imidazole rings is 2. The minimum Gasteiger partial charge on any atom is -0.376 e. The maximum absolute atomic E-state index is 13.2. The highest BCUT2D eigenvalue weighted by Gasteiger charge is 2.25. The van der Waals surface area contributed by atoms with Gasteiger partial charge < -0.3 is 9.30 Å². The molecular weight excluding hydrogens is 346 g/mol. The van der Waals surface area contributed by atoms with E-state index in [9.17, 15) is 9.59 Å². The average Bonchev–Trinajstić information content (AvgIpc) is 3.31. The Morgan fingerprint density at radius 2 is 1.93 bits per heavy atom. The summed E-state index contributed by atoms with van der Waals surface area (Å²) in [5.41, 5.74) is 2.35. The molecule has 0 spiro atoms. The SMILES string of the molecule is Cc1c(C)n2c3c(=O)n(CC(C)C)c(=O)n(C)c3nc2n1C[C@@H]1CCCO1. The smallest absolute Gasteiger partial charge is 0.332 e. The number of ether oxygens (including phenoxy) is 1. The van der Waals surface area contributed by atoms with Crippen LogP contribution in [0.1, 0.15) is 38.1 Å². The van der Waals surface area contributed by atoms with E-state index >= 15 is 0 Å². The van der Waals surface area contributed by atoms with Gasteiger partial charge in [0.15, 0.2) is 11.2 Å². The lowest BCUT2D eigenvalue weighted by Crippen LogP contribution is -2.40. The second-order valence-corrected chi connectivity index (χ2v) is 7.99. The monoisotopic (exact) mass is 373 g/mol. The molecule has 0 aliphatic carbocycles. The molecule has 0 amide bonds. The predicted octanol–water partition coefficient (Wildman–Crippen LogP) is 1.60. The van der Waals surface area contributed by atoms with Gasteiger partial charge in [0.1, 0.15) is 0 Å². The molecule has 0 bridgehead atoms. The second-order valence-electron chi connectivity index (χ2n) is 7.99. The standard InChI is InChI=1S/C19H27N5O3/c1-11(2)9-23-17(25)15-16(21(5)19(23)26)20-18-22(10-14-7-6-8-27-14)12(3)13(4)24(15)18/h11,14H,6-10H2,1-5H3/t14-/m0/s1. The van der Waals surface area contributed by atoms with E-state index in [0.717, 1.165) is 30.8 Å². The molecule has 146 valence electrons. The molecule has 4 rings (SSSR count). The molecule has 0 saturated carbocycles. The van der Waals surface area contributed by atoms with E-state index in [1.165, 1.54) is 9.13 Å². The molecule has 1 saturated heterocycles. The third-order valence-electron chi connectivity index (χ3n) is 5.59. The van der Waals surface area contributed by atoms with Crippen molar-refractivity contribution in [3.05, 3.63) is 32.2 Å². The van der Waals surface area contributed by atoms with Crippen LogP contribution in [0, 0.1) is 19.8 Å². The van der Waals surface area contributed by atoms with Gasteiger partial charge in [0, 0.05) is 31.6 Å². The molecule has 0 N–H and O–H groups in total. The van der Waals surface area contributed by atoms with Crippen LogP contribution in [0.3, 0.4) is 0 Å². The number of fused-ring (bicyclic) bond motifs is 3. The van der Waals surface area contributed by atoms with Gasteiger partial charge in [-0.15, -0.1) is 0 Å². The number of hydrogen-bond donors (Lipinski definition) is 0. The van der Waals surface area contributed by atoms with Gasteiger partial charge >= 0.3 is 5.69 Å². The Hall–Kier alpha value is -2.35. The first-order chi connectivity index (χ1) is 12.8. The number of hydrogen-bond acceptors (Lipinski definition) is 4. The summed E-state index contributed by atoms with van der Waals surface area (Å²) in [5.74, 6) is 0.896. The van der Waals surface area contributed by atoms with Crippen LogP contribution in [0.15, 0.2) is 9.59 Å². The first-order valence-corrected chi connectivity index (χ1v) is 9.60. The molecule has 0 aromatic carbocycles. The summed E-state index contributed by atoms with van der Waals surface area (Å²) in [6.07, 6.45) is 2.27. The molecule has 3 aromatic rings. The van der Waals surface area contributed by atoms with Crippen molar-refractivity contribution in [2.24, 2.45) is 13.0 Å². The van der Waals surface area contributed by atoms with Gasteiger partial charge in [-0.2, -0.15) is 4.98 Å². The highest BCUT2D eigenvalue weighted by atomic mass is 16.5. The topological polar surface area (TPSA) is 75.5 Å². The largest absolute Gasteiger partial charge is 0.376 e. The summed E-state index contributed by atoms with van der Waals surface area (Å²) in [7, 11) is 1.68. The van der Waals surface area contributed by atoms with Crippen LogP contribution in [0.5, 0.6) is 0 Å². The Morgan fingerprint density at radius 1 is 1.19 bits per heavy atom. The maximum atomic E-state index is 13.2. The van der Waals surface area contributed by atoms with Crippen molar-refractivity contribution in [1.29, 1.82) is 0 Å². The average molecular weight is 373 g/mol. The molecule has 4 heterocycles. The van der Waals surface area contributed by atoms with E-state index < -0.39 is 0 Å². The van der Waals surface area contributed by atoms with Gasteiger partial charge in [-0.25, -0.2) is 4.79 Å². The van der Waals surface area contributed by atoms with E-state index in [2.05, 4.69) is 4.57 Å². The highest BCUT2D eigenvalue weighted by Crippen LogP contribution is 2.23. The molecule has 8 nitrogen and oxygen atoms in total. The fourth-order valence-corrected chi connectivity index (χ4v) is 4.05. The highest BCUT2D eigenvalue weighted by molar-refractivity contribution is 5.76. The lowest BCUT2D eigenvalue weighted by Gasteiger charge is -2.12. The second kappa shape index (κ2) is 6.37. The van der Waals surface area contributed by atoms with Crippen molar-refractivity contribution in [2.45, 2.75) is 59.7 Å². The maximum Gasteiger partial charge on any atom is 0.332 e. The first-order valence-electron chi connectivity index (χ1n) is 9.60. The third kappa shape index (κ3) is 2.65. The summed E-state index contributed by atoms with van der Waals surface area (Å²) >= 11 is 0. The third-order valence-corrected chi connectivity index (χ3v) is 5.59. The molecular formula is C19H27N5O3. The van der Waals surface area contributed by atoms with Crippen LogP contribution in [-0.2, 0) is 24.9 Å². The molecule has 3 aromatic heterocycles. The van der Waals surface area contributed by atoms with E-state index in [1.54, 1.807) is 7.05 Å². The fourth-order valence-electron chi connectivity index (χ4n) is 4.05. The molecule has 0 radical (unpaired) electrons. The summed E-state index contributed by atoms with van der Waals surface area (Å²) in [6.45, 7) is 9.92. The zero-order valence-electron chi connectivity index (χ0n) is 16.7. The Balaban J connectivity index is 2.02. The quantitative estimate of drug-likeness (QED) is 0.696. The molecule has 1 atom stereocenters. The molecule has 8 heteroatoms. The molecule has 27 heavy (non-hydrogen) atoms. The lowest BCUT2D eigenvalue weighted by molar-refractivity contribution is 0.0974. The Kier molecular flexibility index (Phi) is 4.25. The number of nitrogens with zero attached hydrogens (tertiary/aromatic N) is 5. The zero-order chi connectivity index (χ0) is 19.5. The van der Waals surface area contributed by atoms with Crippen molar-refractivity contribution >= 4 is 16.9 Å². The normalized spacial score (nSPS) is 17.8. The van der Waals surface area contributed by atoms with Crippen molar-refractivity contribution < 1.29 is 4.74 Å². The molecule has 1 aliphatic heterocycles. The van der Waals surface area contributed by atoms with Crippen LogP contribution in [0.4, 0.5) is 0 Å². The summed E-state index contributed by atoms with van der Waals surface area (Å²) in [6, 6.07) is 0. The minimum absolute atomic E-state index is 0.167. The van der Waals surface area contributed by atoms with E-state index in [-0.39, 0.29) is 23.3 Å². The van der Waals surface area contributed by atoms with Crippen molar-refractivity contribution in [2.75, 3.05) is 6.61 Å². The predicted molar refractivity (Wildman–Crippen MR) is 103 cm³/mol. The number of aromatic nitrogens is 5. The van der Waals surface area contributed by atoms with Crippen LogP contribution in [-0.4, -0.2) is 35.8 Å². The van der Waals surface area contributed by atoms with Gasteiger partial charge in [-0.05, 0) is 32.6 Å². The van der Waals surface area contributed by atoms with Crippen LogP contribution >= 0.6 is 0 Å². The Morgan fingerprint density at radius 3 is 2.56 bits per heavy atom. The van der Waals surface area contributed by atoms with Crippen molar-refractivity contribution in [3.8, 4) is 0 Å². The van der Waals surface area contributed by atoms with Crippen molar-refractivity contribution in [1.82, 2.24) is 23.1 Å². The summed E-state index contributed by atoms with van der Waals surface area (Å²) in [5, 5.41) is 0. The number of aryl methyl sites for hydroxylation is 2. The molecule has 1 aliphatic rings. The number of rotatable bonds is 4. The van der Waals surface area contributed by atoms with Gasteiger partial charge in [-0.1, -0.05) is 13.8 Å². The van der Waals surface area contributed by atoms with Gasteiger partial charge in [-0.3, -0.25) is 18.3 Å². The van der Waals surface area contributed by atoms with Gasteiger partial charge in [0.25, 0.3) is 5.56 Å². The first kappa shape index (κ1) is 18.0. The zero-order valence-corrected chi connectivity index (χ0v) is 16.7. The molecule has 0 unspecified atom stereocenters. The van der Waals surface area contributed by atoms with E-state index in [1.807, 2.05) is 32.1 Å². The van der Waals surface area contributed by atoms with Crippen molar-refractivity contribution in [3.63, 3.8) is 0 Å². The van der Waals surface area contributed by atoms with E-state index in [0.29, 0.717) is 30.0 Å². The van der Waals surface area contributed by atoms with Crippen LogP contribution in [0.2, 0.25) is 0 Å². The lowest BCUT2D eigenvalue weighted by atomic mass is 10.2. The molecule has 1 fully saturated rings. The Labute approximate surface area is 157 Å².